The summed E-state index contributed by atoms with van der Waals surface area (Å²) in [4.78, 5) is 29.0. The molecule has 2 atom stereocenters. The molecule has 2 aromatic carbocycles. The first-order valence-corrected chi connectivity index (χ1v) is 10.3. The van der Waals surface area contributed by atoms with Gasteiger partial charge in [-0.25, -0.2) is 0 Å². The Morgan fingerprint density at radius 3 is 2.47 bits per heavy atom. The highest BCUT2D eigenvalue weighted by Gasteiger charge is 2.46. The second-order valence-corrected chi connectivity index (χ2v) is 7.87. The summed E-state index contributed by atoms with van der Waals surface area (Å²) in [6, 6.07) is 15.2. The molecule has 7 heteroatoms. The van der Waals surface area contributed by atoms with E-state index in [9.17, 15) is 9.59 Å². The lowest BCUT2D eigenvalue weighted by Crippen LogP contribution is -2.52. The van der Waals surface area contributed by atoms with Crippen molar-refractivity contribution in [1.29, 1.82) is 0 Å². The molecular formula is C23H24N2O5. The van der Waals surface area contributed by atoms with Gasteiger partial charge in [-0.15, -0.1) is 0 Å². The van der Waals surface area contributed by atoms with Crippen LogP contribution < -0.4 is 14.2 Å². The van der Waals surface area contributed by atoms with E-state index < -0.39 is 0 Å². The maximum absolute atomic E-state index is 12.9. The van der Waals surface area contributed by atoms with E-state index in [1.54, 1.807) is 4.90 Å². The Hall–Kier alpha value is -3.22. The molecule has 2 aromatic rings. The van der Waals surface area contributed by atoms with Gasteiger partial charge in [0.2, 0.25) is 12.7 Å². The molecule has 30 heavy (non-hydrogen) atoms. The topological polar surface area (TPSA) is 68.3 Å². The normalized spacial score (nSPS) is 22.0. The fourth-order valence-electron chi connectivity index (χ4n) is 4.14. The summed E-state index contributed by atoms with van der Waals surface area (Å²) in [6.07, 6.45) is 0.864. The summed E-state index contributed by atoms with van der Waals surface area (Å²) >= 11 is 0. The third kappa shape index (κ3) is 3.79. The van der Waals surface area contributed by atoms with Gasteiger partial charge in [0, 0.05) is 32.1 Å². The zero-order chi connectivity index (χ0) is 20.5. The van der Waals surface area contributed by atoms with E-state index in [0.29, 0.717) is 31.9 Å². The molecule has 0 radical (unpaired) electrons. The first-order chi connectivity index (χ1) is 14.7. The Balaban J connectivity index is 1.10. The van der Waals surface area contributed by atoms with Crippen molar-refractivity contribution in [2.75, 3.05) is 39.6 Å². The number of carbonyl (C=O) groups excluding carboxylic acids is 2. The van der Waals surface area contributed by atoms with Crippen molar-refractivity contribution >= 4 is 11.8 Å². The minimum atomic E-state index is -0.0457. The maximum atomic E-state index is 12.9. The number of nitrogens with zero attached hydrogens (tertiary/aromatic N) is 2. The third-order valence-corrected chi connectivity index (χ3v) is 5.98. The van der Waals surface area contributed by atoms with E-state index in [0.717, 1.165) is 23.5 Å². The van der Waals surface area contributed by atoms with Gasteiger partial charge in [0.15, 0.2) is 18.1 Å². The molecular weight excluding hydrogens is 384 g/mol. The van der Waals surface area contributed by atoms with Crippen molar-refractivity contribution in [2.24, 2.45) is 5.92 Å². The number of fused-ring (bicyclic) bond motifs is 1. The van der Waals surface area contributed by atoms with Crippen LogP contribution in [0.1, 0.15) is 17.9 Å². The molecule has 2 heterocycles. The number of piperazine rings is 1. The summed E-state index contributed by atoms with van der Waals surface area (Å²) < 4.78 is 16.3. The smallest absolute Gasteiger partial charge is 0.260 e. The standard InChI is InChI=1S/C23H24N2O5/c26-22(14-28-17-4-2-1-3-5-17)24-8-10-25(11-9-24)23(27)19-13-18(19)16-6-7-20-21(12-16)30-15-29-20/h1-7,12,18-19H,8-11,13-15H2. The molecule has 156 valence electrons. The van der Waals surface area contributed by atoms with Crippen molar-refractivity contribution < 1.29 is 23.8 Å². The van der Waals surface area contributed by atoms with Gasteiger partial charge in [-0.2, -0.15) is 0 Å². The van der Waals surface area contributed by atoms with Crippen LogP contribution >= 0.6 is 0 Å². The summed E-state index contributed by atoms with van der Waals surface area (Å²) in [6.45, 7) is 2.51. The van der Waals surface area contributed by atoms with E-state index in [1.807, 2.05) is 53.4 Å². The summed E-state index contributed by atoms with van der Waals surface area (Å²) in [5.41, 5.74) is 1.13. The van der Waals surface area contributed by atoms with E-state index in [-0.39, 0.29) is 37.0 Å². The number of rotatable bonds is 5. The summed E-state index contributed by atoms with van der Waals surface area (Å²) in [5, 5.41) is 0. The molecule has 2 fully saturated rings. The number of benzene rings is 2. The monoisotopic (exact) mass is 408 g/mol. The Bertz CT molecular complexity index is 940. The number of para-hydroxylation sites is 1. The second kappa shape index (κ2) is 7.89. The van der Waals surface area contributed by atoms with Gasteiger partial charge in [-0.1, -0.05) is 24.3 Å². The molecule has 1 saturated carbocycles. The van der Waals surface area contributed by atoms with Crippen LogP contribution in [0.5, 0.6) is 17.2 Å². The number of amides is 2. The lowest BCUT2D eigenvalue weighted by atomic mass is 10.1. The molecule has 0 aromatic heterocycles. The molecule has 5 rings (SSSR count). The first-order valence-electron chi connectivity index (χ1n) is 10.3. The van der Waals surface area contributed by atoms with Crippen LogP contribution in [-0.4, -0.2) is 61.2 Å². The Kier molecular flexibility index (Phi) is 4.94. The molecule has 0 N–H and O–H groups in total. The fourth-order valence-corrected chi connectivity index (χ4v) is 4.14. The van der Waals surface area contributed by atoms with Gasteiger partial charge in [-0.05, 0) is 42.2 Å². The van der Waals surface area contributed by atoms with Crippen LogP contribution in [-0.2, 0) is 9.59 Å². The molecule has 1 saturated heterocycles. The Labute approximate surface area is 175 Å². The van der Waals surface area contributed by atoms with E-state index >= 15 is 0 Å². The maximum Gasteiger partial charge on any atom is 0.260 e. The van der Waals surface area contributed by atoms with Gasteiger partial charge < -0.3 is 24.0 Å². The molecule has 2 amide bonds. The van der Waals surface area contributed by atoms with Crippen molar-refractivity contribution in [3.63, 3.8) is 0 Å². The fraction of sp³-hybridized carbons (Fsp3) is 0.391. The van der Waals surface area contributed by atoms with Crippen LogP contribution in [0.2, 0.25) is 0 Å². The predicted molar refractivity (Wildman–Crippen MR) is 109 cm³/mol. The first kappa shape index (κ1) is 18.8. The molecule has 0 spiro atoms. The van der Waals surface area contributed by atoms with Gasteiger partial charge in [-0.3, -0.25) is 9.59 Å². The number of ether oxygens (including phenoxy) is 3. The lowest BCUT2D eigenvalue weighted by Gasteiger charge is -2.35. The number of hydrogen-bond donors (Lipinski definition) is 0. The summed E-state index contributed by atoms with van der Waals surface area (Å²) in [5.74, 6) is 2.61. The SMILES string of the molecule is O=C(COc1ccccc1)N1CCN(C(=O)C2CC2c2ccc3c(c2)OCO3)CC1. The highest BCUT2D eigenvalue weighted by Crippen LogP contribution is 2.50. The lowest BCUT2D eigenvalue weighted by molar-refractivity contribution is -0.141. The van der Waals surface area contributed by atoms with E-state index in [1.165, 1.54) is 0 Å². The van der Waals surface area contributed by atoms with E-state index in [4.69, 9.17) is 14.2 Å². The van der Waals surface area contributed by atoms with Crippen LogP contribution in [0.15, 0.2) is 48.5 Å². The predicted octanol–water partition coefficient (Wildman–Crippen LogP) is 2.27. The largest absolute Gasteiger partial charge is 0.484 e. The van der Waals surface area contributed by atoms with Crippen LogP contribution in [0.4, 0.5) is 0 Å². The minimum Gasteiger partial charge on any atom is -0.484 e. The van der Waals surface area contributed by atoms with Crippen LogP contribution in [0.25, 0.3) is 0 Å². The van der Waals surface area contributed by atoms with Crippen molar-refractivity contribution in [3.05, 3.63) is 54.1 Å². The quantitative estimate of drug-likeness (QED) is 0.759. The van der Waals surface area contributed by atoms with Crippen molar-refractivity contribution in [1.82, 2.24) is 9.80 Å². The average molecular weight is 408 g/mol. The second-order valence-electron chi connectivity index (χ2n) is 7.87. The molecule has 2 aliphatic heterocycles. The highest BCUT2D eigenvalue weighted by atomic mass is 16.7. The molecule has 7 nitrogen and oxygen atoms in total. The zero-order valence-corrected chi connectivity index (χ0v) is 16.7. The van der Waals surface area contributed by atoms with E-state index in [2.05, 4.69) is 0 Å². The van der Waals surface area contributed by atoms with Gasteiger partial charge in [0.1, 0.15) is 5.75 Å². The van der Waals surface area contributed by atoms with Crippen LogP contribution in [0.3, 0.4) is 0 Å². The molecule has 3 aliphatic rings. The average Bonchev–Trinajstić information content (AvgIpc) is 3.46. The van der Waals surface area contributed by atoms with Gasteiger partial charge >= 0.3 is 0 Å². The summed E-state index contributed by atoms with van der Waals surface area (Å²) in [7, 11) is 0. The zero-order valence-electron chi connectivity index (χ0n) is 16.7. The Morgan fingerprint density at radius 2 is 1.67 bits per heavy atom. The third-order valence-electron chi connectivity index (χ3n) is 5.98. The molecule has 1 aliphatic carbocycles. The van der Waals surface area contributed by atoms with Crippen molar-refractivity contribution in [2.45, 2.75) is 12.3 Å². The minimum absolute atomic E-state index is 0.0206. The number of hydrogen-bond acceptors (Lipinski definition) is 5. The highest BCUT2D eigenvalue weighted by molar-refractivity contribution is 5.84. The van der Waals surface area contributed by atoms with Gasteiger partial charge in [0.05, 0.1) is 0 Å². The van der Waals surface area contributed by atoms with Crippen LogP contribution in [0, 0.1) is 5.92 Å². The van der Waals surface area contributed by atoms with Gasteiger partial charge in [0.25, 0.3) is 5.91 Å². The van der Waals surface area contributed by atoms with Crippen molar-refractivity contribution in [3.8, 4) is 17.2 Å². The Morgan fingerprint density at radius 1 is 0.933 bits per heavy atom. The molecule has 2 unspecified atom stereocenters. The molecule has 0 bridgehead atoms. The number of carbonyl (C=O) groups is 2.